The van der Waals surface area contributed by atoms with E-state index in [1.165, 1.54) is 24.3 Å². The molecule has 5 aromatic rings. The first-order valence-corrected chi connectivity index (χ1v) is 15.0. The minimum Gasteiger partial charge on any atom is -0.309 e. The van der Waals surface area contributed by atoms with Gasteiger partial charge in [0.15, 0.2) is 0 Å². The topological polar surface area (TPSA) is 88.6 Å². The predicted molar refractivity (Wildman–Crippen MR) is 164 cm³/mol. The molecule has 0 radical (unpaired) electrons. The zero-order valence-electron chi connectivity index (χ0n) is 21.9. The van der Waals surface area contributed by atoms with Gasteiger partial charge in [0.25, 0.3) is 0 Å². The first-order chi connectivity index (χ1) is 20.5. The van der Waals surface area contributed by atoms with Crippen molar-refractivity contribution in [3.8, 4) is 34.3 Å². The molecule has 7 heteroatoms. The average Bonchev–Trinajstić information content (AvgIpc) is 3.80. The van der Waals surface area contributed by atoms with Crippen LogP contribution in [0.15, 0.2) is 119 Å². The van der Waals surface area contributed by atoms with Crippen LogP contribution in [0, 0.1) is 11.3 Å². The number of nitrogens with zero attached hydrogens (tertiary/aromatic N) is 4. The number of sulfone groups is 1. The zero-order chi connectivity index (χ0) is 28.2. The molecule has 0 amide bonds. The van der Waals surface area contributed by atoms with E-state index in [1.807, 2.05) is 54.6 Å². The molecule has 9 rings (SSSR count). The van der Waals surface area contributed by atoms with Crippen LogP contribution in [0.25, 0.3) is 71.8 Å². The summed E-state index contributed by atoms with van der Waals surface area (Å²) in [6.07, 6.45) is 0. The number of aromatic nitrogens is 3. The Labute approximate surface area is 240 Å². The van der Waals surface area contributed by atoms with Crippen molar-refractivity contribution in [3.63, 3.8) is 0 Å². The van der Waals surface area contributed by atoms with Gasteiger partial charge in [-0.15, -0.1) is 0 Å². The van der Waals surface area contributed by atoms with Crippen LogP contribution in [0.5, 0.6) is 0 Å². The Hall–Kier alpha value is -5.58. The Kier molecular flexibility index (Phi) is 4.41. The lowest BCUT2D eigenvalue weighted by molar-refractivity contribution is 0.596. The number of nitriles is 1. The molecule has 2 aliphatic carbocycles. The van der Waals surface area contributed by atoms with Gasteiger partial charge in [-0.25, -0.2) is 18.4 Å². The van der Waals surface area contributed by atoms with Crippen LogP contribution in [0.3, 0.4) is 0 Å². The molecule has 2 aliphatic heterocycles. The Morgan fingerprint density at radius 3 is 1.60 bits per heavy atom. The number of para-hydroxylation sites is 2. The van der Waals surface area contributed by atoms with Gasteiger partial charge in [-0.3, -0.25) is 0 Å². The number of hydrogen-bond donors (Lipinski definition) is 0. The third-order valence-electron chi connectivity index (χ3n) is 8.34. The molecule has 0 spiro atoms. The molecule has 0 fully saturated rings. The minimum atomic E-state index is -3.74. The van der Waals surface area contributed by atoms with Gasteiger partial charge in [0.2, 0.25) is 9.84 Å². The van der Waals surface area contributed by atoms with Gasteiger partial charge in [-0.05, 0) is 72.8 Å². The highest BCUT2D eigenvalue weighted by molar-refractivity contribution is 7.91. The summed E-state index contributed by atoms with van der Waals surface area (Å²) >= 11 is 0. The molecule has 0 unspecified atom stereocenters. The Balaban J connectivity index is 1.30. The van der Waals surface area contributed by atoms with E-state index in [9.17, 15) is 8.42 Å². The fourth-order valence-corrected chi connectivity index (χ4v) is 7.68. The molecule has 4 aromatic carbocycles. The van der Waals surface area contributed by atoms with Crippen molar-refractivity contribution in [2.45, 2.75) is 9.79 Å². The summed E-state index contributed by atoms with van der Waals surface area (Å²) in [6.45, 7) is 0. The van der Waals surface area contributed by atoms with Gasteiger partial charge in [0, 0.05) is 38.4 Å². The third-order valence-corrected chi connectivity index (χ3v) is 10.1. The quantitative estimate of drug-likeness (QED) is 0.222. The van der Waals surface area contributed by atoms with Gasteiger partial charge in [-0.2, -0.15) is 5.26 Å². The minimum absolute atomic E-state index is 0.153. The summed E-state index contributed by atoms with van der Waals surface area (Å²) in [6, 6.07) is 35.7. The van der Waals surface area contributed by atoms with Crippen molar-refractivity contribution >= 4 is 53.4 Å². The highest BCUT2D eigenvalue weighted by Crippen LogP contribution is 2.50. The first kappa shape index (κ1) is 23.2. The number of benzene rings is 4. The van der Waals surface area contributed by atoms with Crippen LogP contribution in [-0.4, -0.2) is 23.0 Å². The molecule has 0 atom stereocenters. The second-order valence-corrected chi connectivity index (χ2v) is 12.5. The highest BCUT2D eigenvalue weighted by Gasteiger charge is 2.30. The SMILES string of the molecule is N#Cc1ccc(S(=O)(=O)c2ccc(-n3c4cc5c6ccccc6nc-5c4c4c5nc6ccccc6c-5cc43)cc2)cc1. The molecule has 0 N–H and O–H groups in total. The summed E-state index contributed by atoms with van der Waals surface area (Å²) < 4.78 is 28.9. The highest BCUT2D eigenvalue weighted by atomic mass is 32.2. The van der Waals surface area contributed by atoms with Gasteiger partial charge >= 0.3 is 0 Å². The molecular formula is C35H18N4O2S. The molecule has 1 aromatic heterocycles. The first-order valence-electron chi connectivity index (χ1n) is 13.5. The summed E-state index contributed by atoms with van der Waals surface area (Å²) in [5.74, 6) is 0. The molecule has 42 heavy (non-hydrogen) atoms. The van der Waals surface area contributed by atoms with Crippen molar-refractivity contribution in [1.82, 2.24) is 14.5 Å². The average molecular weight is 559 g/mol. The van der Waals surface area contributed by atoms with E-state index in [2.05, 4.69) is 28.8 Å². The standard InChI is InChI=1S/C35H18N4O2S/c36-19-20-9-13-22(14-10-20)42(40,41)23-15-11-21(12-16-23)39-30-17-26-24-5-1-3-7-28(24)37-34(26)32(30)33-31(39)18-27-25-6-2-4-8-29(25)38-35(27)33/h1-18H. The maximum atomic E-state index is 13.4. The lowest BCUT2D eigenvalue weighted by Crippen LogP contribution is -2.02. The van der Waals surface area contributed by atoms with Gasteiger partial charge < -0.3 is 4.57 Å². The van der Waals surface area contributed by atoms with Crippen molar-refractivity contribution in [1.29, 1.82) is 5.26 Å². The fourth-order valence-electron chi connectivity index (χ4n) is 6.42. The third kappa shape index (κ3) is 2.94. The molecule has 0 saturated carbocycles. The number of rotatable bonds is 3. The van der Waals surface area contributed by atoms with E-state index >= 15 is 0 Å². The largest absolute Gasteiger partial charge is 0.309 e. The van der Waals surface area contributed by atoms with Crippen molar-refractivity contribution in [2.75, 3.05) is 0 Å². The van der Waals surface area contributed by atoms with Crippen LogP contribution in [0.4, 0.5) is 0 Å². The van der Waals surface area contributed by atoms with Crippen LogP contribution in [0.1, 0.15) is 5.56 Å². The monoisotopic (exact) mass is 558 g/mol. The lowest BCUT2D eigenvalue weighted by Gasteiger charge is -2.09. The number of hydrogen-bond acceptors (Lipinski definition) is 5. The van der Waals surface area contributed by atoms with E-state index in [-0.39, 0.29) is 9.79 Å². The van der Waals surface area contributed by atoms with E-state index in [4.69, 9.17) is 15.2 Å². The molecule has 3 heterocycles. The second-order valence-electron chi connectivity index (χ2n) is 10.6. The van der Waals surface area contributed by atoms with Gasteiger partial charge in [0.1, 0.15) is 0 Å². The molecular weight excluding hydrogens is 540 g/mol. The Bertz CT molecular complexity index is 2460. The van der Waals surface area contributed by atoms with Crippen LogP contribution < -0.4 is 0 Å². The van der Waals surface area contributed by atoms with Crippen LogP contribution in [0.2, 0.25) is 0 Å². The maximum Gasteiger partial charge on any atom is 0.206 e. The molecule has 4 aliphatic rings. The summed E-state index contributed by atoms with van der Waals surface area (Å²) in [5, 5.41) is 13.4. The summed E-state index contributed by atoms with van der Waals surface area (Å²) in [5.41, 5.74) is 9.31. The number of fused-ring (bicyclic) bond motifs is 11. The van der Waals surface area contributed by atoms with Crippen molar-refractivity contribution in [2.24, 2.45) is 0 Å². The smallest absolute Gasteiger partial charge is 0.206 e. The molecule has 0 bridgehead atoms. The summed E-state index contributed by atoms with van der Waals surface area (Å²) in [7, 11) is -3.74. The van der Waals surface area contributed by atoms with Crippen molar-refractivity contribution in [3.05, 3.63) is 115 Å². The molecule has 196 valence electrons. The van der Waals surface area contributed by atoms with Crippen LogP contribution >= 0.6 is 0 Å². The van der Waals surface area contributed by atoms with E-state index in [0.717, 1.165) is 71.8 Å². The van der Waals surface area contributed by atoms with Crippen LogP contribution in [-0.2, 0) is 9.84 Å². The fraction of sp³-hybridized carbons (Fsp3) is 0. The normalized spacial score (nSPS) is 12.5. The zero-order valence-corrected chi connectivity index (χ0v) is 22.7. The Morgan fingerprint density at radius 1 is 0.619 bits per heavy atom. The Morgan fingerprint density at radius 2 is 1.10 bits per heavy atom. The van der Waals surface area contributed by atoms with Gasteiger partial charge in [0.05, 0.1) is 54.9 Å². The maximum absolute atomic E-state index is 13.4. The molecule has 0 saturated heterocycles. The van der Waals surface area contributed by atoms with E-state index < -0.39 is 9.84 Å². The van der Waals surface area contributed by atoms with E-state index in [0.29, 0.717) is 5.56 Å². The van der Waals surface area contributed by atoms with Crippen molar-refractivity contribution < 1.29 is 8.42 Å². The lowest BCUT2D eigenvalue weighted by atomic mass is 10.1. The molecule has 6 nitrogen and oxygen atoms in total. The van der Waals surface area contributed by atoms with Gasteiger partial charge in [-0.1, -0.05) is 36.4 Å². The second kappa shape index (κ2) is 8.00. The van der Waals surface area contributed by atoms with E-state index in [1.54, 1.807) is 12.1 Å². The predicted octanol–water partition coefficient (Wildman–Crippen LogP) is 7.67. The summed E-state index contributed by atoms with van der Waals surface area (Å²) in [4.78, 5) is 10.5.